The lowest BCUT2D eigenvalue weighted by atomic mass is 10.2. The van der Waals surface area contributed by atoms with Crippen LogP contribution in [0, 0.1) is 0 Å². The van der Waals surface area contributed by atoms with E-state index >= 15 is 0 Å². The van der Waals surface area contributed by atoms with Gasteiger partial charge in [-0.3, -0.25) is 0 Å². The fourth-order valence-corrected chi connectivity index (χ4v) is 1.52. The number of hydrogen-bond donors (Lipinski definition) is 1. The topological polar surface area (TPSA) is 28.7 Å². The summed E-state index contributed by atoms with van der Waals surface area (Å²) >= 11 is 5.58. The van der Waals surface area contributed by atoms with Gasteiger partial charge in [-0.25, -0.2) is 4.98 Å². The molecule has 2 aromatic heterocycles. The van der Waals surface area contributed by atoms with Gasteiger partial charge >= 0.3 is 6.18 Å². The minimum Gasteiger partial charge on any atom is -0.360 e. The summed E-state index contributed by atoms with van der Waals surface area (Å²) in [6.07, 6.45) is -2.18. The molecule has 0 atom stereocenters. The number of H-pyrrole nitrogens is 1. The van der Waals surface area contributed by atoms with E-state index in [4.69, 9.17) is 11.6 Å². The number of alkyl halides is 3. The summed E-state index contributed by atoms with van der Waals surface area (Å²) in [5.74, 6) is 0. The standard InChI is InChI=1S/C8H4ClF3N2/c9-7-6-4(8(10,11)12)3-14-5(6)1-2-13-7/h1-3,14H. The smallest absolute Gasteiger partial charge is 0.360 e. The molecule has 0 unspecified atom stereocenters. The minimum absolute atomic E-state index is 0.0818. The van der Waals surface area contributed by atoms with Crippen LogP contribution >= 0.6 is 11.6 Å². The Kier molecular flexibility index (Phi) is 1.92. The number of aromatic nitrogens is 2. The molecule has 2 rings (SSSR count). The third-order valence-electron chi connectivity index (χ3n) is 1.85. The first-order valence-electron chi connectivity index (χ1n) is 3.69. The first-order chi connectivity index (χ1) is 6.50. The number of halogens is 4. The zero-order valence-corrected chi connectivity index (χ0v) is 7.45. The molecule has 2 nitrogen and oxygen atoms in total. The van der Waals surface area contributed by atoms with E-state index in [-0.39, 0.29) is 10.5 Å². The Bertz CT molecular complexity index is 475. The fraction of sp³-hybridized carbons (Fsp3) is 0.125. The van der Waals surface area contributed by atoms with Crippen LogP contribution < -0.4 is 0 Å². The van der Waals surface area contributed by atoms with Crippen LogP contribution in [0.2, 0.25) is 5.15 Å². The average molecular weight is 221 g/mol. The molecule has 0 aliphatic heterocycles. The summed E-state index contributed by atoms with van der Waals surface area (Å²) in [5, 5.41) is -0.224. The summed E-state index contributed by atoms with van der Waals surface area (Å²) in [5.41, 5.74) is -0.456. The molecule has 0 aliphatic rings. The van der Waals surface area contributed by atoms with Crippen molar-refractivity contribution >= 4 is 22.5 Å². The second-order valence-electron chi connectivity index (χ2n) is 2.72. The van der Waals surface area contributed by atoms with E-state index in [9.17, 15) is 13.2 Å². The Morgan fingerprint density at radius 2 is 2.07 bits per heavy atom. The largest absolute Gasteiger partial charge is 0.418 e. The highest BCUT2D eigenvalue weighted by Gasteiger charge is 2.34. The lowest BCUT2D eigenvalue weighted by Crippen LogP contribution is -2.03. The number of nitrogens with one attached hydrogen (secondary N) is 1. The minimum atomic E-state index is -4.41. The fourth-order valence-electron chi connectivity index (χ4n) is 1.26. The van der Waals surface area contributed by atoms with Crippen molar-refractivity contribution < 1.29 is 13.2 Å². The van der Waals surface area contributed by atoms with Crippen LogP contribution in [-0.4, -0.2) is 9.97 Å². The van der Waals surface area contributed by atoms with Crippen LogP contribution in [0.3, 0.4) is 0 Å². The molecule has 6 heteroatoms. The van der Waals surface area contributed by atoms with E-state index in [2.05, 4.69) is 9.97 Å². The average Bonchev–Trinajstić information content (AvgIpc) is 2.47. The Labute approximate surface area is 81.7 Å². The highest BCUT2D eigenvalue weighted by molar-refractivity contribution is 6.34. The molecule has 14 heavy (non-hydrogen) atoms. The zero-order chi connectivity index (χ0) is 10.3. The number of nitrogens with zero attached hydrogens (tertiary/aromatic N) is 1. The Balaban J connectivity index is 2.80. The molecule has 0 spiro atoms. The second-order valence-corrected chi connectivity index (χ2v) is 3.08. The summed E-state index contributed by atoms with van der Waals surface area (Å²) < 4.78 is 37.3. The summed E-state index contributed by atoms with van der Waals surface area (Å²) in [6, 6.07) is 1.44. The molecule has 0 saturated carbocycles. The van der Waals surface area contributed by atoms with Crippen molar-refractivity contribution in [2.45, 2.75) is 6.18 Å². The second kappa shape index (κ2) is 2.88. The molecule has 0 aromatic carbocycles. The van der Waals surface area contributed by atoms with Gasteiger partial charge in [0.1, 0.15) is 5.15 Å². The molecule has 2 aromatic rings. The molecule has 74 valence electrons. The van der Waals surface area contributed by atoms with Crippen LogP contribution in [0.1, 0.15) is 5.56 Å². The predicted octanol–water partition coefficient (Wildman–Crippen LogP) is 3.24. The van der Waals surface area contributed by atoms with Crippen molar-refractivity contribution in [3.63, 3.8) is 0 Å². The van der Waals surface area contributed by atoms with Crippen molar-refractivity contribution in [1.82, 2.24) is 9.97 Å². The third-order valence-corrected chi connectivity index (χ3v) is 2.14. The molecule has 0 aliphatic carbocycles. The van der Waals surface area contributed by atoms with Gasteiger partial charge in [0.25, 0.3) is 0 Å². The highest BCUT2D eigenvalue weighted by atomic mass is 35.5. The van der Waals surface area contributed by atoms with E-state index < -0.39 is 11.7 Å². The maximum absolute atomic E-state index is 12.4. The number of rotatable bonds is 0. The zero-order valence-electron chi connectivity index (χ0n) is 6.69. The molecule has 1 N–H and O–H groups in total. The quantitative estimate of drug-likeness (QED) is 0.679. The lowest BCUT2D eigenvalue weighted by molar-refractivity contribution is -0.136. The highest BCUT2D eigenvalue weighted by Crippen LogP contribution is 2.36. The summed E-state index contributed by atoms with van der Waals surface area (Å²) in [7, 11) is 0. The van der Waals surface area contributed by atoms with Gasteiger partial charge in [0.2, 0.25) is 0 Å². The molecular formula is C8H4ClF3N2. The first kappa shape index (κ1) is 9.33. The Morgan fingerprint density at radius 3 is 2.71 bits per heavy atom. The van der Waals surface area contributed by atoms with Gasteiger partial charge in [-0.1, -0.05) is 11.6 Å². The van der Waals surface area contributed by atoms with Gasteiger partial charge in [-0.2, -0.15) is 13.2 Å². The van der Waals surface area contributed by atoms with Crippen LogP contribution in [0.5, 0.6) is 0 Å². The van der Waals surface area contributed by atoms with Crippen LogP contribution in [0.4, 0.5) is 13.2 Å². The molecule has 0 saturated heterocycles. The molecule has 0 bridgehead atoms. The first-order valence-corrected chi connectivity index (χ1v) is 4.07. The van der Waals surface area contributed by atoms with Crippen molar-refractivity contribution in [1.29, 1.82) is 0 Å². The normalized spacial score (nSPS) is 12.3. The van der Waals surface area contributed by atoms with Crippen LogP contribution in [-0.2, 0) is 6.18 Å². The van der Waals surface area contributed by atoms with Crippen molar-refractivity contribution in [3.05, 3.63) is 29.2 Å². The monoisotopic (exact) mass is 220 g/mol. The number of pyridine rings is 1. The molecule has 0 radical (unpaired) electrons. The number of fused-ring (bicyclic) bond motifs is 1. The Hall–Kier alpha value is -1.23. The number of hydrogen-bond acceptors (Lipinski definition) is 1. The van der Waals surface area contributed by atoms with Crippen molar-refractivity contribution in [2.75, 3.05) is 0 Å². The molecule has 0 fully saturated rings. The molecule has 2 heterocycles. The van der Waals surface area contributed by atoms with Crippen LogP contribution in [0.25, 0.3) is 10.9 Å². The maximum atomic E-state index is 12.4. The summed E-state index contributed by atoms with van der Waals surface area (Å²) in [6.45, 7) is 0. The third kappa shape index (κ3) is 1.33. The van der Waals surface area contributed by atoms with Gasteiger partial charge in [-0.05, 0) is 6.07 Å². The Morgan fingerprint density at radius 1 is 1.36 bits per heavy atom. The van der Waals surface area contributed by atoms with Crippen molar-refractivity contribution in [2.24, 2.45) is 0 Å². The van der Waals surface area contributed by atoms with E-state index in [1.165, 1.54) is 12.3 Å². The summed E-state index contributed by atoms with van der Waals surface area (Å²) in [4.78, 5) is 6.09. The lowest BCUT2D eigenvalue weighted by Gasteiger charge is -2.04. The van der Waals surface area contributed by atoms with Crippen LogP contribution in [0.15, 0.2) is 18.5 Å². The van der Waals surface area contributed by atoms with Gasteiger partial charge in [0, 0.05) is 17.8 Å². The predicted molar refractivity (Wildman–Crippen MR) is 46.1 cm³/mol. The van der Waals surface area contributed by atoms with Crippen molar-refractivity contribution in [3.8, 4) is 0 Å². The van der Waals surface area contributed by atoms with Gasteiger partial charge < -0.3 is 4.98 Å². The number of aromatic amines is 1. The van der Waals surface area contributed by atoms with E-state index in [0.717, 1.165) is 6.20 Å². The van der Waals surface area contributed by atoms with E-state index in [0.29, 0.717) is 5.52 Å². The SMILES string of the molecule is FC(F)(F)c1c[nH]c2ccnc(Cl)c12. The van der Waals surface area contributed by atoms with E-state index in [1.54, 1.807) is 0 Å². The van der Waals surface area contributed by atoms with Gasteiger partial charge in [0.15, 0.2) is 0 Å². The van der Waals surface area contributed by atoms with Gasteiger partial charge in [-0.15, -0.1) is 0 Å². The molecule has 0 amide bonds. The van der Waals surface area contributed by atoms with Gasteiger partial charge in [0.05, 0.1) is 11.1 Å². The van der Waals surface area contributed by atoms with E-state index in [1.807, 2.05) is 0 Å². The molecular weight excluding hydrogens is 217 g/mol. The maximum Gasteiger partial charge on any atom is 0.418 e.